The molecule has 4 aromatic carbocycles. The van der Waals surface area contributed by atoms with E-state index in [0.717, 1.165) is 21.0 Å². The highest BCUT2D eigenvalue weighted by Gasteiger charge is 2.35. The SMILES string of the molecule is Cc1ccc(NS(=O)(=O)c2ccc(NC(=O)CN3c4ccc(C)cc4-c4ccccc4S3(=O)=O)cc2)cc1. The van der Waals surface area contributed by atoms with E-state index in [1.165, 1.54) is 30.3 Å². The molecule has 0 aromatic heterocycles. The lowest BCUT2D eigenvalue weighted by Gasteiger charge is -2.31. The van der Waals surface area contributed by atoms with Gasteiger partial charge >= 0.3 is 0 Å². The fourth-order valence-electron chi connectivity index (χ4n) is 4.30. The first-order valence-electron chi connectivity index (χ1n) is 11.8. The summed E-state index contributed by atoms with van der Waals surface area (Å²) >= 11 is 0. The van der Waals surface area contributed by atoms with Crippen LogP contribution in [-0.2, 0) is 24.8 Å². The van der Waals surface area contributed by atoms with E-state index in [2.05, 4.69) is 10.0 Å². The van der Waals surface area contributed by atoms with Crippen LogP contribution < -0.4 is 14.3 Å². The summed E-state index contributed by atoms with van der Waals surface area (Å²) < 4.78 is 55.9. The molecule has 2 N–H and O–H groups in total. The predicted molar refractivity (Wildman–Crippen MR) is 148 cm³/mol. The lowest BCUT2D eigenvalue weighted by molar-refractivity contribution is -0.114. The number of rotatable bonds is 6. The number of benzene rings is 4. The Morgan fingerprint density at radius 3 is 2.13 bits per heavy atom. The Morgan fingerprint density at radius 1 is 0.789 bits per heavy atom. The van der Waals surface area contributed by atoms with Gasteiger partial charge in [0, 0.05) is 22.5 Å². The fraction of sp³-hybridized carbons (Fsp3) is 0.107. The first kappa shape index (κ1) is 25.5. The topological polar surface area (TPSA) is 113 Å². The van der Waals surface area contributed by atoms with Gasteiger partial charge in [0.05, 0.1) is 15.5 Å². The Hall–Kier alpha value is -4.15. The molecule has 38 heavy (non-hydrogen) atoms. The first-order valence-corrected chi connectivity index (χ1v) is 14.7. The second kappa shape index (κ2) is 9.62. The van der Waals surface area contributed by atoms with Crippen molar-refractivity contribution in [1.82, 2.24) is 0 Å². The van der Waals surface area contributed by atoms with Crippen LogP contribution in [0.3, 0.4) is 0 Å². The number of aryl methyl sites for hydroxylation is 2. The van der Waals surface area contributed by atoms with Crippen LogP contribution in [0, 0.1) is 13.8 Å². The number of sulfonamides is 2. The summed E-state index contributed by atoms with van der Waals surface area (Å²) in [5, 5.41) is 2.67. The molecular weight excluding hydrogens is 522 g/mol. The van der Waals surface area contributed by atoms with Crippen molar-refractivity contribution in [2.45, 2.75) is 23.6 Å². The number of nitrogens with one attached hydrogen (secondary N) is 2. The van der Waals surface area contributed by atoms with E-state index < -0.39 is 32.5 Å². The second-order valence-electron chi connectivity index (χ2n) is 9.07. The van der Waals surface area contributed by atoms with Gasteiger partial charge in [-0.3, -0.25) is 13.8 Å². The maximum Gasteiger partial charge on any atom is 0.265 e. The lowest BCUT2D eigenvalue weighted by atomic mass is 10.0. The van der Waals surface area contributed by atoms with Gasteiger partial charge < -0.3 is 5.32 Å². The third-order valence-corrected chi connectivity index (χ3v) is 9.42. The molecule has 0 radical (unpaired) electrons. The quantitative estimate of drug-likeness (QED) is 0.356. The molecule has 1 aliphatic heterocycles. The Balaban J connectivity index is 1.34. The molecule has 0 atom stereocenters. The number of amides is 1. The molecule has 1 amide bonds. The maximum absolute atomic E-state index is 13.4. The molecule has 0 spiro atoms. The van der Waals surface area contributed by atoms with Crippen LogP contribution in [0.25, 0.3) is 11.1 Å². The van der Waals surface area contributed by atoms with Crippen LogP contribution in [0.5, 0.6) is 0 Å². The predicted octanol–water partition coefficient (Wildman–Crippen LogP) is 4.92. The summed E-state index contributed by atoms with van der Waals surface area (Å²) in [7, 11) is -7.80. The van der Waals surface area contributed by atoms with E-state index in [1.54, 1.807) is 54.6 Å². The van der Waals surface area contributed by atoms with Gasteiger partial charge in [0.15, 0.2) is 0 Å². The molecule has 0 unspecified atom stereocenters. The van der Waals surface area contributed by atoms with Crippen molar-refractivity contribution >= 4 is 43.0 Å². The molecule has 10 heteroatoms. The monoisotopic (exact) mass is 547 g/mol. The molecule has 0 bridgehead atoms. The van der Waals surface area contributed by atoms with E-state index in [9.17, 15) is 21.6 Å². The number of fused-ring (bicyclic) bond motifs is 3. The number of hydrogen-bond acceptors (Lipinski definition) is 5. The zero-order valence-electron chi connectivity index (χ0n) is 20.7. The molecule has 8 nitrogen and oxygen atoms in total. The number of carbonyl (C=O) groups excluding carboxylic acids is 1. The van der Waals surface area contributed by atoms with Crippen molar-refractivity contribution in [3.63, 3.8) is 0 Å². The highest BCUT2D eigenvalue weighted by molar-refractivity contribution is 7.93. The molecule has 4 aromatic rings. The number of hydrogen-bond donors (Lipinski definition) is 2. The summed E-state index contributed by atoms with van der Waals surface area (Å²) in [6.45, 7) is 3.38. The van der Waals surface area contributed by atoms with Crippen molar-refractivity contribution in [2.24, 2.45) is 0 Å². The van der Waals surface area contributed by atoms with E-state index in [-0.39, 0.29) is 9.79 Å². The highest BCUT2D eigenvalue weighted by Crippen LogP contribution is 2.43. The van der Waals surface area contributed by atoms with Crippen LogP contribution in [-0.4, -0.2) is 29.3 Å². The summed E-state index contributed by atoms with van der Waals surface area (Å²) in [6, 6.07) is 24.7. The lowest BCUT2D eigenvalue weighted by Crippen LogP contribution is -2.40. The van der Waals surface area contributed by atoms with Crippen molar-refractivity contribution in [3.8, 4) is 11.1 Å². The minimum Gasteiger partial charge on any atom is -0.325 e. The van der Waals surface area contributed by atoms with Crippen molar-refractivity contribution in [1.29, 1.82) is 0 Å². The van der Waals surface area contributed by atoms with Gasteiger partial charge in [0.2, 0.25) is 5.91 Å². The van der Waals surface area contributed by atoms with Crippen LogP contribution in [0.1, 0.15) is 11.1 Å². The number of nitrogens with zero attached hydrogens (tertiary/aromatic N) is 1. The molecule has 0 saturated heterocycles. The molecule has 0 fully saturated rings. The smallest absolute Gasteiger partial charge is 0.265 e. The molecule has 1 aliphatic rings. The van der Waals surface area contributed by atoms with Crippen LogP contribution in [0.2, 0.25) is 0 Å². The molecule has 0 aliphatic carbocycles. The van der Waals surface area contributed by atoms with Gasteiger partial charge in [-0.05, 0) is 68.4 Å². The zero-order valence-corrected chi connectivity index (χ0v) is 22.3. The van der Waals surface area contributed by atoms with Gasteiger partial charge in [0.25, 0.3) is 20.0 Å². The molecule has 1 heterocycles. The van der Waals surface area contributed by atoms with Crippen molar-refractivity contribution in [3.05, 3.63) is 102 Å². The third-order valence-electron chi connectivity index (χ3n) is 6.21. The first-order chi connectivity index (χ1) is 18.0. The van der Waals surface area contributed by atoms with Gasteiger partial charge in [-0.25, -0.2) is 16.8 Å². The largest absolute Gasteiger partial charge is 0.325 e. The summed E-state index contributed by atoms with van der Waals surface area (Å²) in [4.78, 5) is 13.1. The second-order valence-corrected chi connectivity index (χ2v) is 12.6. The van der Waals surface area contributed by atoms with Gasteiger partial charge in [-0.1, -0.05) is 47.5 Å². The maximum atomic E-state index is 13.4. The fourth-order valence-corrected chi connectivity index (χ4v) is 7.01. The highest BCUT2D eigenvalue weighted by atomic mass is 32.2. The summed E-state index contributed by atoms with van der Waals surface area (Å²) in [5.74, 6) is -0.562. The molecule has 194 valence electrons. The average Bonchev–Trinajstić information content (AvgIpc) is 2.88. The van der Waals surface area contributed by atoms with Gasteiger partial charge in [0.1, 0.15) is 6.54 Å². The van der Waals surface area contributed by atoms with E-state index >= 15 is 0 Å². The minimum absolute atomic E-state index is 0.0237. The van der Waals surface area contributed by atoms with Gasteiger partial charge in [-0.15, -0.1) is 0 Å². The van der Waals surface area contributed by atoms with Crippen molar-refractivity contribution < 1.29 is 21.6 Å². The molecule has 5 rings (SSSR count). The Labute approximate surface area is 222 Å². The normalized spacial score (nSPS) is 13.8. The zero-order chi connectivity index (χ0) is 27.1. The third kappa shape index (κ3) is 4.88. The van der Waals surface area contributed by atoms with E-state index in [4.69, 9.17) is 0 Å². The van der Waals surface area contributed by atoms with Crippen LogP contribution >= 0.6 is 0 Å². The van der Waals surface area contributed by atoms with E-state index in [0.29, 0.717) is 22.6 Å². The number of anilines is 3. The summed E-state index contributed by atoms with van der Waals surface area (Å²) in [6.07, 6.45) is 0. The summed E-state index contributed by atoms with van der Waals surface area (Å²) in [5.41, 5.74) is 4.50. The Kier molecular flexibility index (Phi) is 6.46. The standard InChI is InChI=1S/C28H25N3O5S2/c1-19-7-10-22(11-8-19)30-37(33,34)23-14-12-21(13-15-23)29-28(32)18-31-26-16-9-20(2)17-25(26)24-5-3-4-6-27(24)38(31,35)36/h3-17,30H,18H2,1-2H3,(H,29,32). The molecular formula is C28H25N3O5S2. The average molecular weight is 548 g/mol. The van der Waals surface area contributed by atoms with Crippen molar-refractivity contribution in [2.75, 3.05) is 20.9 Å². The number of carbonyl (C=O) groups is 1. The van der Waals surface area contributed by atoms with Crippen LogP contribution in [0.4, 0.5) is 17.1 Å². The van der Waals surface area contributed by atoms with Gasteiger partial charge in [-0.2, -0.15) is 0 Å². The Morgan fingerprint density at radius 2 is 1.42 bits per heavy atom. The Bertz CT molecular complexity index is 1750. The molecule has 0 saturated carbocycles. The van der Waals surface area contributed by atoms with E-state index in [1.807, 2.05) is 19.9 Å². The minimum atomic E-state index is -3.97. The van der Waals surface area contributed by atoms with Crippen LogP contribution in [0.15, 0.2) is 101 Å².